The van der Waals surface area contributed by atoms with Crippen LogP contribution in [-0.4, -0.2) is 29.1 Å². The van der Waals surface area contributed by atoms with E-state index in [2.05, 4.69) is 20.1 Å². The highest BCUT2D eigenvalue weighted by Crippen LogP contribution is 2.25. The van der Waals surface area contributed by atoms with Crippen LogP contribution in [0.15, 0.2) is 78.1 Å². The lowest BCUT2D eigenvalue weighted by molar-refractivity contribution is 0.933. The largest absolute Gasteiger partial charge is 0.268 e. The Labute approximate surface area is 147 Å². The molecule has 1 aromatic carbocycles. The molecular formula is C19H12N6O. The van der Waals surface area contributed by atoms with E-state index in [9.17, 15) is 4.79 Å². The summed E-state index contributed by atoms with van der Waals surface area (Å²) in [5.41, 5.74) is 1.90. The minimum absolute atomic E-state index is 0.204. The van der Waals surface area contributed by atoms with E-state index in [0.29, 0.717) is 28.2 Å². The lowest BCUT2D eigenvalue weighted by atomic mass is 10.1. The van der Waals surface area contributed by atoms with Gasteiger partial charge in [0.25, 0.3) is 11.3 Å². The lowest BCUT2D eigenvalue weighted by Gasteiger charge is -2.11. The van der Waals surface area contributed by atoms with Crippen molar-refractivity contribution in [2.45, 2.75) is 0 Å². The first-order chi connectivity index (χ1) is 12.8. The second-order valence-corrected chi connectivity index (χ2v) is 5.74. The van der Waals surface area contributed by atoms with E-state index in [4.69, 9.17) is 0 Å². The molecule has 0 aliphatic heterocycles. The van der Waals surface area contributed by atoms with Crippen molar-refractivity contribution in [2.24, 2.45) is 0 Å². The van der Waals surface area contributed by atoms with Crippen molar-refractivity contribution >= 4 is 16.7 Å². The van der Waals surface area contributed by atoms with Crippen LogP contribution in [0.1, 0.15) is 0 Å². The third kappa shape index (κ3) is 2.11. The van der Waals surface area contributed by atoms with E-state index in [-0.39, 0.29) is 5.56 Å². The summed E-state index contributed by atoms with van der Waals surface area (Å²) in [5, 5.41) is 4.74. The van der Waals surface area contributed by atoms with Gasteiger partial charge >= 0.3 is 0 Å². The number of rotatable bonds is 2. The Morgan fingerprint density at radius 1 is 0.885 bits per heavy atom. The highest BCUT2D eigenvalue weighted by Gasteiger charge is 2.17. The maximum absolute atomic E-state index is 13.3. The van der Waals surface area contributed by atoms with Gasteiger partial charge in [-0.1, -0.05) is 36.4 Å². The number of hydrogen-bond acceptors (Lipinski definition) is 5. The first-order valence-corrected chi connectivity index (χ1v) is 8.05. The smallest absolute Gasteiger partial charge is 0.267 e. The number of pyridine rings is 2. The van der Waals surface area contributed by atoms with Crippen LogP contribution in [0.3, 0.4) is 0 Å². The van der Waals surface area contributed by atoms with E-state index in [1.54, 1.807) is 29.0 Å². The van der Waals surface area contributed by atoms with Gasteiger partial charge in [0.15, 0.2) is 0 Å². The summed E-state index contributed by atoms with van der Waals surface area (Å²) >= 11 is 0. The van der Waals surface area contributed by atoms with Crippen LogP contribution in [0.5, 0.6) is 0 Å². The molecule has 0 bridgehead atoms. The van der Waals surface area contributed by atoms with Crippen LogP contribution in [-0.2, 0) is 0 Å². The summed E-state index contributed by atoms with van der Waals surface area (Å²) in [5.74, 6) is 1.00. The average molecular weight is 340 g/mol. The molecule has 0 N–H and O–H groups in total. The van der Waals surface area contributed by atoms with Crippen molar-refractivity contribution in [3.05, 3.63) is 83.7 Å². The average Bonchev–Trinajstić information content (AvgIpc) is 3.16. The molecule has 5 rings (SSSR count). The zero-order chi connectivity index (χ0) is 17.5. The van der Waals surface area contributed by atoms with Gasteiger partial charge in [-0.25, -0.2) is 9.97 Å². The van der Waals surface area contributed by atoms with E-state index >= 15 is 0 Å². The summed E-state index contributed by atoms with van der Waals surface area (Å²) in [7, 11) is 0. The third-order valence-corrected chi connectivity index (χ3v) is 4.21. The van der Waals surface area contributed by atoms with Gasteiger partial charge in [0.05, 0.1) is 16.6 Å². The third-order valence-electron chi connectivity index (χ3n) is 4.21. The molecule has 124 valence electrons. The molecule has 0 unspecified atom stereocenters. The highest BCUT2D eigenvalue weighted by atomic mass is 16.1. The second kappa shape index (κ2) is 5.59. The highest BCUT2D eigenvalue weighted by molar-refractivity contribution is 5.93. The van der Waals surface area contributed by atoms with E-state index in [0.717, 1.165) is 5.56 Å². The fraction of sp³-hybridized carbons (Fsp3) is 0. The molecule has 0 aliphatic rings. The molecule has 7 heteroatoms. The number of benzene rings is 1. The summed E-state index contributed by atoms with van der Waals surface area (Å²) in [4.78, 5) is 26.2. The van der Waals surface area contributed by atoms with E-state index in [1.807, 2.05) is 42.5 Å². The number of fused-ring (bicyclic) bond motifs is 2. The molecule has 4 aromatic heterocycles. The van der Waals surface area contributed by atoms with Crippen LogP contribution in [0.4, 0.5) is 0 Å². The number of aromatic nitrogens is 6. The monoisotopic (exact) mass is 340 g/mol. The molecular weight excluding hydrogens is 328 g/mol. The zero-order valence-electron chi connectivity index (χ0n) is 13.5. The predicted octanol–water partition coefficient (Wildman–Crippen LogP) is 2.49. The molecule has 0 radical (unpaired) electrons. The maximum atomic E-state index is 13.3. The molecule has 0 spiro atoms. The lowest BCUT2D eigenvalue weighted by Crippen LogP contribution is -2.20. The Bertz CT molecular complexity index is 1290. The Morgan fingerprint density at radius 3 is 2.54 bits per heavy atom. The summed E-state index contributed by atoms with van der Waals surface area (Å²) in [6, 6.07) is 16.9. The zero-order valence-corrected chi connectivity index (χ0v) is 13.5. The Balaban J connectivity index is 1.95. The quantitative estimate of drug-likeness (QED) is 0.493. The standard InChI is InChI=1S/C19H12N6O/c26-18-16-14(9-11-24(18)15-8-4-5-10-20-15)23-19-21-12-22-25(19)17(16)13-6-2-1-3-7-13/h1-12H. The normalized spacial score (nSPS) is 11.2. The van der Waals surface area contributed by atoms with Gasteiger partial charge in [-0.15, -0.1) is 0 Å². The van der Waals surface area contributed by atoms with Crippen LogP contribution in [0.25, 0.3) is 33.8 Å². The molecule has 0 amide bonds. The minimum Gasteiger partial charge on any atom is -0.268 e. The van der Waals surface area contributed by atoms with Gasteiger partial charge in [-0.05, 0) is 18.2 Å². The number of nitrogens with zero attached hydrogens (tertiary/aromatic N) is 6. The molecule has 0 fully saturated rings. The fourth-order valence-electron chi connectivity index (χ4n) is 3.06. The molecule has 0 aliphatic carbocycles. The SMILES string of the molecule is O=c1c2c(-c3ccccc3)n3ncnc3nc2ccn1-c1ccccn1. The predicted molar refractivity (Wildman–Crippen MR) is 97.1 cm³/mol. The van der Waals surface area contributed by atoms with E-state index < -0.39 is 0 Å². The van der Waals surface area contributed by atoms with Crippen LogP contribution < -0.4 is 5.56 Å². The van der Waals surface area contributed by atoms with Gasteiger partial charge in [0.1, 0.15) is 12.1 Å². The van der Waals surface area contributed by atoms with Crippen molar-refractivity contribution < 1.29 is 0 Å². The van der Waals surface area contributed by atoms with Gasteiger partial charge in [-0.2, -0.15) is 14.6 Å². The number of hydrogen-bond donors (Lipinski definition) is 0. The van der Waals surface area contributed by atoms with Crippen molar-refractivity contribution in [1.29, 1.82) is 0 Å². The van der Waals surface area contributed by atoms with Gasteiger partial charge in [-0.3, -0.25) is 9.36 Å². The molecule has 0 atom stereocenters. The van der Waals surface area contributed by atoms with Gasteiger partial charge in [0.2, 0.25) is 0 Å². The first-order valence-electron chi connectivity index (χ1n) is 8.05. The Kier molecular flexibility index (Phi) is 3.11. The van der Waals surface area contributed by atoms with Crippen LogP contribution in [0, 0.1) is 0 Å². The van der Waals surface area contributed by atoms with Crippen LogP contribution >= 0.6 is 0 Å². The molecule has 5 aromatic rings. The van der Waals surface area contributed by atoms with Gasteiger partial charge in [0, 0.05) is 18.0 Å². The molecule has 0 saturated heterocycles. The fourth-order valence-corrected chi connectivity index (χ4v) is 3.06. The van der Waals surface area contributed by atoms with Crippen molar-refractivity contribution in [1.82, 2.24) is 29.1 Å². The molecule has 4 heterocycles. The van der Waals surface area contributed by atoms with Crippen LogP contribution in [0.2, 0.25) is 0 Å². The second-order valence-electron chi connectivity index (χ2n) is 5.74. The first kappa shape index (κ1) is 14.5. The van der Waals surface area contributed by atoms with Gasteiger partial charge < -0.3 is 0 Å². The minimum atomic E-state index is -0.204. The Morgan fingerprint density at radius 2 is 1.73 bits per heavy atom. The summed E-state index contributed by atoms with van der Waals surface area (Å²) in [6.07, 6.45) is 4.77. The van der Waals surface area contributed by atoms with Crippen molar-refractivity contribution in [3.63, 3.8) is 0 Å². The van der Waals surface area contributed by atoms with E-state index in [1.165, 1.54) is 10.9 Å². The summed E-state index contributed by atoms with van der Waals surface area (Å²) < 4.78 is 3.11. The topological polar surface area (TPSA) is 78.0 Å². The van der Waals surface area contributed by atoms with Crippen molar-refractivity contribution in [3.8, 4) is 17.1 Å². The Hall–Kier alpha value is -3.87. The summed E-state index contributed by atoms with van der Waals surface area (Å²) in [6.45, 7) is 0. The molecule has 0 saturated carbocycles. The maximum Gasteiger partial charge on any atom is 0.267 e. The molecule has 26 heavy (non-hydrogen) atoms. The van der Waals surface area contributed by atoms with Crippen molar-refractivity contribution in [2.75, 3.05) is 0 Å². The molecule has 7 nitrogen and oxygen atoms in total.